The number of carbonyl (C=O) groups is 2. The van der Waals surface area contributed by atoms with E-state index in [1.165, 1.54) is 18.2 Å². The topological polar surface area (TPSA) is 174 Å². The zero-order chi connectivity index (χ0) is 28.3. The number of pyridine rings is 1. The first-order valence-electron chi connectivity index (χ1n) is 11.9. The number of carbonyl (C=O) groups excluding carboxylic acids is 2. The maximum Gasteiger partial charge on any atom is 0.433 e. The zero-order valence-electron chi connectivity index (χ0n) is 21.7. The summed E-state index contributed by atoms with van der Waals surface area (Å²) in [6, 6.07) is 10.7. The second-order valence-corrected chi connectivity index (χ2v) is 9.34. The molecule has 0 unspecified atom stereocenters. The minimum atomic E-state index is -1.15. The van der Waals surface area contributed by atoms with Crippen molar-refractivity contribution < 1.29 is 23.3 Å². The Hall–Kier alpha value is -5.07. The van der Waals surface area contributed by atoms with Gasteiger partial charge in [-0.15, -0.1) is 0 Å². The van der Waals surface area contributed by atoms with Crippen molar-refractivity contribution in [1.82, 2.24) is 14.9 Å². The summed E-state index contributed by atoms with van der Waals surface area (Å²) in [6.45, 7) is 5.34. The summed E-state index contributed by atoms with van der Waals surface area (Å²) < 4.78 is 10.3. The number of nitrogens with one attached hydrogen (secondary N) is 2. The highest BCUT2D eigenvalue weighted by Gasteiger charge is 2.32. The maximum absolute atomic E-state index is 13.1. The van der Waals surface area contributed by atoms with E-state index >= 15 is 0 Å². The Kier molecular flexibility index (Phi) is 7.42. The maximum atomic E-state index is 13.1. The zero-order valence-corrected chi connectivity index (χ0v) is 21.7. The molecule has 3 heterocycles. The first-order valence-corrected chi connectivity index (χ1v) is 11.9. The van der Waals surface area contributed by atoms with E-state index in [0.717, 1.165) is 11.8 Å². The van der Waals surface area contributed by atoms with Gasteiger partial charge in [0.15, 0.2) is 5.76 Å². The molecule has 0 aliphatic carbocycles. The van der Waals surface area contributed by atoms with Gasteiger partial charge < -0.3 is 24.4 Å². The average Bonchev–Trinajstić information content (AvgIpc) is 3.40. The van der Waals surface area contributed by atoms with Crippen LogP contribution in [0.25, 0.3) is 10.9 Å². The first kappa shape index (κ1) is 27.0. The number of aryl methyl sites for hydroxylation is 1. The minimum Gasteiger partial charge on any atom is -0.395 e. The van der Waals surface area contributed by atoms with Gasteiger partial charge in [0.2, 0.25) is 5.91 Å². The highest BCUT2D eigenvalue weighted by Crippen LogP contribution is 2.25. The van der Waals surface area contributed by atoms with Gasteiger partial charge in [-0.3, -0.25) is 24.7 Å². The summed E-state index contributed by atoms with van der Waals surface area (Å²) in [4.78, 5) is 58.7. The number of rotatable bonds is 9. The van der Waals surface area contributed by atoms with Crippen molar-refractivity contribution in [2.75, 3.05) is 24.2 Å². The van der Waals surface area contributed by atoms with Crippen LogP contribution in [0.2, 0.25) is 0 Å². The molecule has 0 saturated carbocycles. The van der Waals surface area contributed by atoms with Gasteiger partial charge in [0.05, 0.1) is 17.0 Å². The largest absolute Gasteiger partial charge is 0.433 e. The van der Waals surface area contributed by atoms with Gasteiger partial charge >= 0.3 is 11.5 Å². The molecule has 2 amide bonds. The summed E-state index contributed by atoms with van der Waals surface area (Å²) in [5, 5.41) is 16.4. The molecule has 0 aliphatic rings. The number of nitro groups is 1. The van der Waals surface area contributed by atoms with Crippen LogP contribution >= 0.6 is 0 Å². The molecule has 0 atom stereocenters. The highest BCUT2D eigenvalue weighted by molar-refractivity contribution is 6.04. The lowest BCUT2D eigenvalue weighted by atomic mass is 10.0. The number of hydrogen-bond acceptors (Lipinski definition) is 10. The van der Waals surface area contributed by atoms with E-state index < -0.39 is 27.9 Å². The van der Waals surface area contributed by atoms with E-state index in [4.69, 9.17) is 8.83 Å². The third kappa shape index (κ3) is 5.92. The monoisotopic (exact) mass is 534 g/mol. The van der Waals surface area contributed by atoms with Gasteiger partial charge in [0.25, 0.3) is 11.9 Å². The predicted molar refractivity (Wildman–Crippen MR) is 142 cm³/mol. The number of hydrogen-bond donors (Lipinski definition) is 2. The second-order valence-electron chi connectivity index (χ2n) is 9.34. The molecule has 0 bridgehead atoms. The fourth-order valence-electron chi connectivity index (χ4n) is 3.97. The fraction of sp³-hybridized carbons (Fsp3) is 0.269. The van der Waals surface area contributed by atoms with Crippen LogP contribution in [-0.4, -0.2) is 50.7 Å². The number of amides is 2. The van der Waals surface area contributed by atoms with Crippen molar-refractivity contribution >= 4 is 40.3 Å². The van der Waals surface area contributed by atoms with Crippen LogP contribution in [0.15, 0.2) is 62.3 Å². The van der Waals surface area contributed by atoms with Crippen LogP contribution in [0.3, 0.4) is 0 Å². The summed E-state index contributed by atoms with van der Waals surface area (Å²) in [6.07, 6.45) is 2.28. The van der Waals surface area contributed by atoms with Crippen molar-refractivity contribution in [2.24, 2.45) is 0 Å². The molecule has 0 radical (unpaired) electrons. The SMILES string of the molecule is Cc1c(NC(=O)c2ccc([N+](=O)[O-])o2)ccc2nc(NC(C)(C)C(=O)N(C)CCc3ccccn3)oc(=O)c12. The molecule has 4 aromatic rings. The lowest BCUT2D eigenvalue weighted by Crippen LogP contribution is -2.49. The first-order chi connectivity index (χ1) is 18.5. The van der Waals surface area contributed by atoms with Crippen LogP contribution in [-0.2, 0) is 11.2 Å². The van der Waals surface area contributed by atoms with E-state index in [2.05, 4.69) is 20.6 Å². The molecule has 2 N–H and O–H groups in total. The van der Waals surface area contributed by atoms with Crippen LogP contribution in [0, 0.1) is 17.0 Å². The van der Waals surface area contributed by atoms with E-state index in [1.807, 2.05) is 18.2 Å². The highest BCUT2D eigenvalue weighted by atomic mass is 16.6. The smallest absolute Gasteiger partial charge is 0.395 e. The summed E-state index contributed by atoms with van der Waals surface area (Å²) in [5.41, 5.74) is -0.0854. The summed E-state index contributed by atoms with van der Waals surface area (Å²) in [7, 11) is 1.68. The Morgan fingerprint density at radius 1 is 1.13 bits per heavy atom. The Bertz CT molecular complexity index is 1610. The molecule has 0 spiro atoms. The molecule has 0 saturated heterocycles. The quantitative estimate of drug-likeness (QED) is 0.239. The number of anilines is 2. The molecule has 0 fully saturated rings. The van der Waals surface area contributed by atoms with Crippen molar-refractivity contribution in [3.8, 4) is 0 Å². The molecular weight excluding hydrogens is 508 g/mol. The Balaban J connectivity index is 1.50. The number of likely N-dealkylation sites (N-methyl/N-ethyl adjacent to an activating group) is 1. The van der Waals surface area contributed by atoms with Crippen molar-refractivity contribution in [1.29, 1.82) is 0 Å². The average molecular weight is 535 g/mol. The van der Waals surface area contributed by atoms with Gasteiger partial charge in [0, 0.05) is 37.6 Å². The third-order valence-corrected chi connectivity index (χ3v) is 6.03. The Morgan fingerprint density at radius 3 is 2.56 bits per heavy atom. The number of fused-ring (bicyclic) bond motifs is 1. The van der Waals surface area contributed by atoms with Gasteiger partial charge in [0.1, 0.15) is 10.5 Å². The standard InChI is InChI=1S/C26H26N6O7/c1-15-17(28-22(33)19-10-11-20(38-19)32(36)37)8-9-18-21(15)23(34)39-25(29-18)30-26(2,3)24(35)31(4)14-12-16-7-5-6-13-27-16/h5-11,13H,12,14H2,1-4H3,(H,28,33)(H,29,30). The molecule has 3 aromatic heterocycles. The molecule has 4 rings (SSSR count). The van der Waals surface area contributed by atoms with Gasteiger partial charge in [-0.05, 0) is 56.7 Å². The van der Waals surface area contributed by atoms with E-state index in [-0.39, 0.29) is 34.3 Å². The number of furan rings is 1. The molecule has 1 aromatic carbocycles. The van der Waals surface area contributed by atoms with E-state index in [0.29, 0.717) is 18.5 Å². The lowest BCUT2D eigenvalue weighted by molar-refractivity contribution is -0.402. The van der Waals surface area contributed by atoms with E-state index in [9.17, 15) is 24.5 Å². The molecule has 202 valence electrons. The summed E-state index contributed by atoms with van der Waals surface area (Å²) in [5.74, 6) is -1.80. The third-order valence-electron chi connectivity index (χ3n) is 6.03. The Labute approximate surface area is 222 Å². The van der Waals surface area contributed by atoms with Crippen molar-refractivity contribution in [3.63, 3.8) is 0 Å². The molecule has 39 heavy (non-hydrogen) atoms. The van der Waals surface area contributed by atoms with Crippen LogP contribution < -0.4 is 16.3 Å². The van der Waals surface area contributed by atoms with Gasteiger partial charge in [-0.2, -0.15) is 4.98 Å². The van der Waals surface area contributed by atoms with Gasteiger partial charge in [-0.1, -0.05) is 6.07 Å². The van der Waals surface area contributed by atoms with E-state index in [1.54, 1.807) is 38.9 Å². The minimum absolute atomic E-state index is 0.125. The Morgan fingerprint density at radius 2 is 1.90 bits per heavy atom. The number of benzene rings is 1. The normalized spacial score (nSPS) is 11.3. The van der Waals surface area contributed by atoms with Crippen molar-refractivity contribution in [2.45, 2.75) is 32.7 Å². The molecular formula is C26H26N6O7. The van der Waals surface area contributed by atoms with Gasteiger partial charge in [-0.25, -0.2) is 4.79 Å². The summed E-state index contributed by atoms with van der Waals surface area (Å²) >= 11 is 0. The second kappa shape index (κ2) is 10.7. The fourth-order valence-corrected chi connectivity index (χ4v) is 3.97. The van der Waals surface area contributed by atoms with Crippen LogP contribution in [0.5, 0.6) is 0 Å². The lowest BCUT2D eigenvalue weighted by Gasteiger charge is -2.30. The molecule has 0 aliphatic heterocycles. The number of aromatic nitrogens is 2. The molecule has 13 heteroatoms. The van der Waals surface area contributed by atoms with Crippen LogP contribution in [0.1, 0.15) is 35.7 Å². The van der Waals surface area contributed by atoms with Crippen molar-refractivity contribution in [3.05, 3.63) is 86.2 Å². The predicted octanol–water partition coefficient (Wildman–Crippen LogP) is 3.54. The van der Waals surface area contributed by atoms with Crippen LogP contribution in [0.4, 0.5) is 17.6 Å². The number of nitrogens with zero attached hydrogens (tertiary/aromatic N) is 4. The molecule has 13 nitrogen and oxygen atoms in total.